The van der Waals surface area contributed by atoms with Crippen LogP contribution in [0.25, 0.3) is 10.2 Å². The topological polar surface area (TPSA) is 37.8 Å². The molecule has 19 heavy (non-hydrogen) atoms. The molecule has 1 N–H and O–H groups in total. The van der Waals surface area contributed by atoms with Gasteiger partial charge in [0.05, 0.1) is 10.2 Å². The SMILES string of the molecule is Cc1cnc(CNC(C)c2cnc3ccsc3c2)s1. The molecule has 0 aliphatic rings. The van der Waals surface area contributed by atoms with Crippen LogP contribution in [-0.4, -0.2) is 9.97 Å². The van der Waals surface area contributed by atoms with Gasteiger partial charge in [0, 0.05) is 29.9 Å². The molecule has 0 aromatic carbocycles. The van der Waals surface area contributed by atoms with Gasteiger partial charge in [0.15, 0.2) is 0 Å². The highest BCUT2D eigenvalue weighted by Gasteiger charge is 2.08. The molecule has 3 rings (SSSR count). The van der Waals surface area contributed by atoms with Gasteiger partial charge in [0.25, 0.3) is 0 Å². The quantitative estimate of drug-likeness (QED) is 0.791. The lowest BCUT2D eigenvalue weighted by atomic mass is 10.1. The zero-order chi connectivity index (χ0) is 13.2. The van der Waals surface area contributed by atoms with Crippen LogP contribution < -0.4 is 5.32 Å². The number of hydrogen-bond acceptors (Lipinski definition) is 5. The molecule has 5 heteroatoms. The number of fused-ring (bicyclic) bond motifs is 1. The molecule has 98 valence electrons. The summed E-state index contributed by atoms with van der Waals surface area (Å²) in [7, 11) is 0. The van der Waals surface area contributed by atoms with Crippen molar-refractivity contribution >= 4 is 32.9 Å². The highest BCUT2D eigenvalue weighted by atomic mass is 32.1. The average molecular weight is 289 g/mol. The fourth-order valence-electron chi connectivity index (χ4n) is 1.94. The Morgan fingerprint density at radius 1 is 1.32 bits per heavy atom. The zero-order valence-corrected chi connectivity index (χ0v) is 12.5. The van der Waals surface area contributed by atoms with Crippen LogP contribution in [0.2, 0.25) is 0 Å². The first-order chi connectivity index (χ1) is 9.22. The van der Waals surface area contributed by atoms with Crippen LogP contribution in [0, 0.1) is 6.92 Å². The normalized spacial score (nSPS) is 12.9. The Balaban J connectivity index is 1.70. The summed E-state index contributed by atoms with van der Waals surface area (Å²) in [5.41, 5.74) is 2.31. The zero-order valence-electron chi connectivity index (χ0n) is 10.9. The summed E-state index contributed by atoms with van der Waals surface area (Å²) in [6.07, 6.45) is 3.88. The van der Waals surface area contributed by atoms with Crippen molar-refractivity contribution in [3.05, 3.63) is 45.4 Å². The second kappa shape index (κ2) is 5.36. The van der Waals surface area contributed by atoms with Crippen molar-refractivity contribution in [3.63, 3.8) is 0 Å². The van der Waals surface area contributed by atoms with E-state index in [9.17, 15) is 0 Å². The molecular weight excluding hydrogens is 274 g/mol. The largest absolute Gasteiger partial charge is 0.304 e. The first kappa shape index (κ1) is 12.7. The van der Waals surface area contributed by atoms with Crippen LogP contribution in [-0.2, 0) is 6.54 Å². The van der Waals surface area contributed by atoms with E-state index in [1.165, 1.54) is 15.1 Å². The van der Waals surface area contributed by atoms with Gasteiger partial charge in [0.2, 0.25) is 0 Å². The van der Waals surface area contributed by atoms with Gasteiger partial charge in [-0.15, -0.1) is 22.7 Å². The third kappa shape index (κ3) is 2.83. The van der Waals surface area contributed by atoms with E-state index >= 15 is 0 Å². The number of hydrogen-bond donors (Lipinski definition) is 1. The van der Waals surface area contributed by atoms with E-state index in [1.807, 2.05) is 12.4 Å². The lowest BCUT2D eigenvalue weighted by molar-refractivity contribution is 0.572. The Hall–Kier alpha value is -1.30. The van der Waals surface area contributed by atoms with Gasteiger partial charge in [-0.25, -0.2) is 4.98 Å². The number of thiophene rings is 1. The summed E-state index contributed by atoms with van der Waals surface area (Å²) in [4.78, 5) is 10.1. The first-order valence-electron chi connectivity index (χ1n) is 6.20. The van der Waals surface area contributed by atoms with Gasteiger partial charge in [-0.3, -0.25) is 4.98 Å². The molecule has 1 unspecified atom stereocenters. The van der Waals surface area contributed by atoms with Crippen molar-refractivity contribution in [3.8, 4) is 0 Å². The molecule has 0 saturated carbocycles. The van der Waals surface area contributed by atoms with Crippen LogP contribution >= 0.6 is 22.7 Å². The number of rotatable bonds is 4. The summed E-state index contributed by atoms with van der Waals surface area (Å²) < 4.78 is 1.25. The van der Waals surface area contributed by atoms with E-state index in [-0.39, 0.29) is 6.04 Å². The van der Waals surface area contributed by atoms with Gasteiger partial charge >= 0.3 is 0 Å². The third-order valence-electron chi connectivity index (χ3n) is 3.05. The Morgan fingerprint density at radius 3 is 3.00 bits per heavy atom. The minimum absolute atomic E-state index is 0.281. The number of thiazole rings is 1. The molecule has 1 atom stereocenters. The van der Waals surface area contributed by atoms with Crippen molar-refractivity contribution in [1.29, 1.82) is 0 Å². The summed E-state index contributed by atoms with van der Waals surface area (Å²) in [5, 5.41) is 6.71. The van der Waals surface area contributed by atoms with Crippen LogP contribution in [0.3, 0.4) is 0 Å². The summed E-state index contributed by atoms with van der Waals surface area (Å²) in [6, 6.07) is 4.56. The van der Waals surface area contributed by atoms with E-state index in [0.29, 0.717) is 0 Å². The van der Waals surface area contributed by atoms with Crippen molar-refractivity contribution < 1.29 is 0 Å². The van der Waals surface area contributed by atoms with Gasteiger partial charge in [-0.05, 0) is 36.9 Å². The minimum atomic E-state index is 0.281. The average Bonchev–Trinajstić information content (AvgIpc) is 3.03. The highest BCUT2D eigenvalue weighted by molar-refractivity contribution is 7.17. The van der Waals surface area contributed by atoms with Crippen LogP contribution in [0.15, 0.2) is 29.9 Å². The van der Waals surface area contributed by atoms with E-state index in [2.05, 4.69) is 46.6 Å². The fourth-order valence-corrected chi connectivity index (χ4v) is 3.47. The van der Waals surface area contributed by atoms with Crippen molar-refractivity contribution in [2.45, 2.75) is 26.4 Å². The Kier molecular flexibility index (Phi) is 3.59. The Bertz CT molecular complexity index is 687. The van der Waals surface area contributed by atoms with Gasteiger partial charge in [-0.1, -0.05) is 0 Å². The van der Waals surface area contributed by atoms with Crippen molar-refractivity contribution in [2.75, 3.05) is 0 Å². The molecule has 3 aromatic heterocycles. The van der Waals surface area contributed by atoms with Crippen LogP contribution in [0.1, 0.15) is 28.4 Å². The van der Waals surface area contributed by atoms with E-state index in [1.54, 1.807) is 22.7 Å². The summed E-state index contributed by atoms with van der Waals surface area (Å²) in [6.45, 7) is 5.05. The number of nitrogens with zero attached hydrogens (tertiary/aromatic N) is 2. The number of nitrogens with one attached hydrogen (secondary N) is 1. The molecule has 3 aromatic rings. The summed E-state index contributed by atoms with van der Waals surface area (Å²) in [5.74, 6) is 0. The van der Waals surface area contributed by atoms with Crippen LogP contribution in [0.4, 0.5) is 0 Å². The lowest BCUT2D eigenvalue weighted by Gasteiger charge is -2.12. The number of aryl methyl sites for hydroxylation is 1. The molecule has 0 fully saturated rings. The molecule has 0 amide bonds. The molecule has 3 nitrogen and oxygen atoms in total. The molecule has 0 saturated heterocycles. The van der Waals surface area contributed by atoms with Crippen LogP contribution in [0.5, 0.6) is 0 Å². The molecule has 0 bridgehead atoms. The molecule has 0 aliphatic heterocycles. The van der Waals surface area contributed by atoms with Crippen molar-refractivity contribution in [2.24, 2.45) is 0 Å². The second-order valence-electron chi connectivity index (χ2n) is 4.54. The maximum atomic E-state index is 4.48. The predicted octanol–water partition coefficient (Wildman–Crippen LogP) is 3.91. The van der Waals surface area contributed by atoms with Gasteiger partial charge in [0.1, 0.15) is 5.01 Å². The molecule has 0 radical (unpaired) electrons. The minimum Gasteiger partial charge on any atom is -0.304 e. The fraction of sp³-hybridized carbons (Fsp3) is 0.286. The lowest BCUT2D eigenvalue weighted by Crippen LogP contribution is -2.18. The van der Waals surface area contributed by atoms with E-state index in [0.717, 1.165) is 17.1 Å². The standard InChI is InChI=1S/C14H15N3S2/c1-9-6-17-14(19-9)8-15-10(2)11-5-13-12(16-7-11)3-4-18-13/h3-7,10,15H,8H2,1-2H3. The second-order valence-corrected chi connectivity index (χ2v) is 6.81. The molecular formula is C14H15N3S2. The highest BCUT2D eigenvalue weighted by Crippen LogP contribution is 2.23. The first-order valence-corrected chi connectivity index (χ1v) is 7.90. The van der Waals surface area contributed by atoms with E-state index in [4.69, 9.17) is 0 Å². The maximum absolute atomic E-state index is 4.48. The maximum Gasteiger partial charge on any atom is 0.107 e. The van der Waals surface area contributed by atoms with E-state index < -0.39 is 0 Å². The molecule has 0 aliphatic carbocycles. The monoisotopic (exact) mass is 289 g/mol. The summed E-state index contributed by atoms with van der Waals surface area (Å²) >= 11 is 3.48. The van der Waals surface area contributed by atoms with Crippen molar-refractivity contribution in [1.82, 2.24) is 15.3 Å². The number of pyridine rings is 1. The van der Waals surface area contributed by atoms with Gasteiger partial charge in [-0.2, -0.15) is 0 Å². The van der Waals surface area contributed by atoms with Gasteiger partial charge < -0.3 is 5.32 Å². The smallest absolute Gasteiger partial charge is 0.107 e. The molecule has 0 spiro atoms. The molecule has 3 heterocycles. The Morgan fingerprint density at radius 2 is 2.21 bits per heavy atom. The number of aromatic nitrogens is 2. The Labute approximate surface area is 120 Å². The predicted molar refractivity (Wildman–Crippen MR) is 81.7 cm³/mol. The third-order valence-corrected chi connectivity index (χ3v) is 4.82.